The summed E-state index contributed by atoms with van der Waals surface area (Å²) < 4.78 is 59.4. The fraction of sp³-hybridized carbons (Fsp3) is 0.571. The summed E-state index contributed by atoms with van der Waals surface area (Å²) in [6.07, 6.45) is 4.68. The minimum atomic E-state index is -3.41. The van der Waals surface area contributed by atoms with E-state index in [1.54, 1.807) is 18.5 Å². The van der Waals surface area contributed by atoms with Crippen molar-refractivity contribution in [1.29, 1.82) is 0 Å². The van der Waals surface area contributed by atoms with Gasteiger partial charge in [-0.15, -0.1) is 0 Å². The molecule has 2 aliphatic rings. The largest absolute Gasteiger partial charge is 0.497 e. The summed E-state index contributed by atoms with van der Waals surface area (Å²) in [6.45, 7) is 5.88. The van der Waals surface area contributed by atoms with Crippen molar-refractivity contribution in [3.05, 3.63) is 59.7 Å². The quantitative estimate of drug-likeness (QED) is 0.374. The Morgan fingerprint density at radius 3 is 1.40 bits per heavy atom. The van der Waals surface area contributed by atoms with Crippen LogP contribution in [-0.2, 0) is 33.1 Å². The Kier molecular flexibility index (Phi) is 12.7. The van der Waals surface area contributed by atoms with Gasteiger partial charge in [-0.1, -0.05) is 24.3 Å². The van der Waals surface area contributed by atoms with Gasteiger partial charge >= 0.3 is 0 Å². The van der Waals surface area contributed by atoms with E-state index in [0.717, 1.165) is 61.6 Å². The minimum absolute atomic E-state index is 0.0903. The average molecular weight is 597 g/mol. The number of nitrogens with two attached hydrogens (primary N) is 1. The van der Waals surface area contributed by atoms with Gasteiger partial charge in [0.25, 0.3) is 0 Å². The molecule has 0 spiro atoms. The molecule has 2 aliphatic heterocycles. The van der Waals surface area contributed by atoms with Crippen LogP contribution < -0.4 is 14.6 Å². The monoisotopic (exact) mass is 596 g/mol. The summed E-state index contributed by atoms with van der Waals surface area (Å²) in [5.74, 6) is 1.74. The van der Waals surface area contributed by atoms with E-state index in [1.165, 1.54) is 12.8 Å². The molecule has 0 unspecified atom stereocenters. The van der Waals surface area contributed by atoms with Gasteiger partial charge in [0, 0.05) is 26.2 Å². The molecule has 10 nitrogen and oxygen atoms in total. The van der Waals surface area contributed by atoms with E-state index in [1.807, 2.05) is 48.5 Å². The van der Waals surface area contributed by atoms with Crippen LogP contribution in [0.15, 0.2) is 48.5 Å². The molecule has 0 atom stereocenters. The highest BCUT2D eigenvalue weighted by Crippen LogP contribution is 2.20. The smallest absolute Gasteiger partial charge is 0.215 e. The fourth-order valence-corrected chi connectivity index (χ4v) is 6.72. The van der Waals surface area contributed by atoms with Crippen molar-refractivity contribution in [3.8, 4) is 11.5 Å². The lowest BCUT2D eigenvalue weighted by Crippen LogP contribution is -2.36. The molecule has 0 aromatic heterocycles. The van der Waals surface area contributed by atoms with Crippen molar-refractivity contribution in [3.63, 3.8) is 0 Å². The van der Waals surface area contributed by atoms with Gasteiger partial charge in [0.15, 0.2) is 0 Å². The highest BCUT2D eigenvalue weighted by atomic mass is 32.2. The lowest BCUT2D eigenvalue weighted by atomic mass is 10.2. The topological polar surface area (TPSA) is 122 Å². The second-order valence-corrected chi connectivity index (χ2v) is 14.1. The number of sulfonamides is 2. The molecule has 0 saturated carbocycles. The summed E-state index contributed by atoms with van der Waals surface area (Å²) in [5, 5.41) is 4.86. The maximum absolute atomic E-state index is 13.2. The predicted octanol–water partition coefficient (Wildman–Crippen LogP) is 2.50. The molecule has 2 saturated heterocycles. The summed E-state index contributed by atoms with van der Waals surface area (Å²) in [4.78, 5) is 4.36. The van der Waals surface area contributed by atoms with Crippen LogP contribution in [0.5, 0.6) is 11.5 Å². The number of ether oxygens (including phenoxy) is 2. The highest BCUT2D eigenvalue weighted by molar-refractivity contribution is 7.89. The summed E-state index contributed by atoms with van der Waals surface area (Å²) in [7, 11) is -3.42. The molecule has 2 aromatic carbocycles. The SMILES string of the molecule is COc1ccc(CN(Cc2ccc(OC)cc2)S(=O)(=O)CCN2CCCC2)cc1.NS(=O)(=O)CCN1CCCC1. The third-order valence-electron chi connectivity index (χ3n) is 7.18. The van der Waals surface area contributed by atoms with Crippen molar-refractivity contribution >= 4 is 20.0 Å². The maximum Gasteiger partial charge on any atom is 0.215 e. The molecule has 2 fully saturated rings. The molecular formula is C28H44N4O6S2. The van der Waals surface area contributed by atoms with Gasteiger partial charge in [0.1, 0.15) is 11.5 Å². The van der Waals surface area contributed by atoms with Crippen LogP contribution >= 0.6 is 0 Å². The van der Waals surface area contributed by atoms with Gasteiger partial charge in [0.05, 0.1) is 25.7 Å². The number of hydrogen-bond acceptors (Lipinski definition) is 8. The van der Waals surface area contributed by atoms with Crippen molar-refractivity contribution in [2.45, 2.75) is 38.8 Å². The minimum Gasteiger partial charge on any atom is -0.497 e. The number of primary sulfonamides is 1. The second-order valence-electron chi connectivity index (χ2n) is 10.2. The molecule has 2 aromatic rings. The van der Waals surface area contributed by atoms with Crippen LogP contribution in [0.4, 0.5) is 0 Å². The summed E-state index contributed by atoms with van der Waals surface area (Å²) in [5.41, 5.74) is 1.87. The first-order chi connectivity index (χ1) is 19.1. The Bertz CT molecular complexity index is 1180. The van der Waals surface area contributed by atoms with Crippen LogP contribution in [0.25, 0.3) is 0 Å². The third-order valence-corrected chi connectivity index (χ3v) is 9.68. The molecule has 0 amide bonds. The van der Waals surface area contributed by atoms with Crippen molar-refractivity contribution < 1.29 is 26.3 Å². The van der Waals surface area contributed by atoms with Crippen molar-refractivity contribution in [2.24, 2.45) is 5.14 Å². The molecule has 224 valence electrons. The lowest BCUT2D eigenvalue weighted by Gasteiger charge is -2.24. The van der Waals surface area contributed by atoms with Gasteiger partial charge in [-0.25, -0.2) is 22.0 Å². The molecule has 0 radical (unpaired) electrons. The fourth-order valence-electron chi connectivity index (χ4n) is 4.76. The second kappa shape index (κ2) is 15.7. The number of hydrogen-bond donors (Lipinski definition) is 1. The van der Waals surface area contributed by atoms with E-state index in [0.29, 0.717) is 26.2 Å². The average Bonchev–Trinajstić information content (AvgIpc) is 3.66. The normalized spacial score (nSPS) is 16.6. The maximum atomic E-state index is 13.2. The molecule has 0 aliphatic carbocycles. The number of likely N-dealkylation sites (tertiary alicyclic amines) is 2. The van der Waals surface area contributed by atoms with Gasteiger partial charge in [0.2, 0.25) is 20.0 Å². The van der Waals surface area contributed by atoms with E-state index in [4.69, 9.17) is 14.6 Å². The molecule has 2 heterocycles. The molecule has 2 N–H and O–H groups in total. The summed E-state index contributed by atoms with van der Waals surface area (Å²) >= 11 is 0. The van der Waals surface area contributed by atoms with Crippen molar-refractivity contribution in [1.82, 2.24) is 14.1 Å². The van der Waals surface area contributed by atoms with E-state index in [2.05, 4.69) is 9.80 Å². The van der Waals surface area contributed by atoms with Crippen molar-refractivity contribution in [2.75, 3.05) is 65.0 Å². The molecule has 12 heteroatoms. The third kappa shape index (κ3) is 11.3. The van der Waals surface area contributed by atoms with Gasteiger partial charge in [-0.2, -0.15) is 4.31 Å². The molecular weight excluding hydrogens is 552 g/mol. The Labute approximate surface area is 240 Å². The van der Waals surface area contributed by atoms with Gasteiger partial charge < -0.3 is 19.3 Å². The Morgan fingerprint density at radius 1 is 0.675 bits per heavy atom. The molecule has 4 rings (SSSR count). The summed E-state index contributed by atoms with van der Waals surface area (Å²) in [6, 6.07) is 15.1. The Hall–Kier alpha value is -2.22. The van der Waals surface area contributed by atoms with Gasteiger partial charge in [-0.3, -0.25) is 0 Å². The zero-order valence-corrected chi connectivity index (χ0v) is 25.3. The van der Waals surface area contributed by atoms with Crippen LogP contribution in [0.2, 0.25) is 0 Å². The number of nitrogens with zero attached hydrogens (tertiary/aromatic N) is 3. The first-order valence-corrected chi connectivity index (χ1v) is 17.1. The molecule has 40 heavy (non-hydrogen) atoms. The van der Waals surface area contributed by atoms with E-state index < -0.39 is 20.0 Å². The zero-order valence-electron chi connectivity index (χ0n) is 23.7. The zero-order chi connectivity index (χ0) is 29.0. The van der Waals surface area contributed by atoms with Crippen LogP contribution in [0.3, 0.4) is 0 Å². The highest BCUT2D eigenvalue weighted by Gasteiger charge is 2.24. The lowest BCUT2D eigenvalue weighted by molar-refractivity contribution is 0.349. The number of benzene rings is 2. The molecule has 0 bridgehead atoms. The van der Waals surface area contributed by atoms with Crippen LogP contribution in [0, 0.1) is 0 Å². The number of methoxy groups -OCH3 is 2. The standard InChI is InChI=1S/C22H30N2O4S.C6H14N2O2S/c1-27-21-9-5-19(6-10-21)17-24(18-20-7-11-22(28-2)12-8-20)29(25,26)16-15-23-13-3-4-14-23;7-11(9,10)6-5-8-3-1-2-4-8/h5-12H,3-4,13-18H2,1-2H3;1-6H2,(H2,7,9,10). The Morgan fingerprint density at radius 2 is 1.05 bits per heavy atom. The van der Waals surface area contributed by atoms with Crippen LogP contribution in [-0.4, -0.2) is 95.9 Å². The van der Waals surface area contributed by atoms with E-state index >= 15 is 0 Å². The van der Waals surface area contributed by atoms with E-state index in [-0.39, 0.29) is 11.5 Å². The first kappa shape index (κ1) is 32.3. The first-order valence-electron chi connectivity index (χ1n) is 13.8. The predicted molar refractivity (Wildman–Crippen MR) is 158 cm³/mol. The number of rotatable bonds is 13. The van der Waals surface area contributed by atoms with E-state index in [9.17, 15) is 16.8 Å². The Balaban J connectivity index is 0.000000336. The van der Waals surface area contributed by atoms with Gasteiger partial charge in [-0.05, 0) is 87.3 Å². The van der Waals surface area contributed by atoms with Crippen LogP contribution in [0.1, 0.15) is 36.8 Å².